The topological polar surface area (TPSA) is 76.1 Å². The Hall–Kier alpha value is -3.79. The number of ketones is 1. The Balaban J connectivity index is 1.97. The number of hydrogen-bond acceptors (Lipinski definition) is 5. The van der Waals surface area contributed by atoms with Crippen molar-refractivity contribution in [1.82, 2.24) is 0 Å². The first kappa shape index (κ1) is 25.3. The molecule has 1 fully saturated rings. The highest BCUT2D eigenvalue weighted by Gasteiger charge is 2.47. The number of anilines is 1. The van der Waals surface area contributed by atoms with E-state index in [9.17, 15) is 27.9 Å². The first-order valence-corrected chi connectivity index (χ1v) is 11.3. The highest BCUT2D eigenvalue weighted by molar-refractivity contribution is 9.10. The van der Waals surface area contributed by atoms with E-state index in [1.165, 1.54) is 26.4 Å². The van der Waals surface area contributed by atoms with E-state index >= 15 is 0 Å². The van der Waals surface area contributed by atoms with Crippen LogP contribution < -0.4 is 14.4 Å². The number of amides is 1. The van der Waals surface area contributed by atoms with E-state index in [1.807, 2.05) is 0 Å². The monoisotopic (exact) mass is 561 g/mol. The molecule has 0 bridgehead atoms. The number of carbonyl (C=O) groups is 2. The maximum atomic E-state index is 13.4. The standard InChI is InChI=1S/C26H19BrF3NO5/c1-35-19-11-8-15(12-20(19)36-2)22-21(23(32)14-6-9-17(27)10-7-14)24(33)25(34)31(22)18-5-3-4-16(13-18)26(28,29)30/h3-13,22,32H,1-2H3/b23-21+. The number of hydrogen-bond donors (Lipinski definition) is 1. The number of aliphatic hydroxyl groups excluding tert-OH is 1. The van der Waals surface area contributed by atoms with Gasteiger partial charge in [-0.25, -0.2) is 0 Å². The molecule has 36 heavy (non-hydrogen) atoms. The summed E-state index contributed by atoms with van der Waals surface area (Å²) in [5, 5.41) is 11.1. The molecule has 1 saturated heterocycles. The van der Waals surface area contributed by atoms with Gasteiger partial charge in [0.05, 0.1) is 31.4 Å². The van der Waals surface area contributed by atoms with Gasteiger partial charge < -0.3 is 14.6 Å². The molecule has 4 rings (SSSR count). The minimum atomic E-state index is -4.67. The lowest BCUT2D eigenvalue weighted by molar-refractivity contribution is -0.137. The van der Waals surface area contributed by atoms with Gasteiger partial charge in [0, 0.05) is 15.7 Å². The van der Waals surface area contributed by atoms with Crippen LogP contribution in [-0.4, -0.2) is 31.0 Å². The summed E-state index contributed by atoms with van der Waals surface area (Å²) < 4.78 is 51.6. The van der Waals surface area contributed by atoms with E-state index in [0.29, 0.717) is 11.3 Å². The zero-order chi connectivity index (χ0) is 26.2. The number of benzene rings is 3. The molecule has 0 saturated carbocycles. The van der Waals surface area contributed by atoms with Crippen molar-refractivity contribution < 1.29 is 37.3 Å². The largest absolute Gasteiger partial charge is 0.507 e. The molecule has 1 unspecified atom stereocenters. The summed E-state index contributed by atoms with van der Waals surface area (Å²) >= 11 is 3.30. The number of aliphatic hydroxyl groups is 1. The molecule has 1 amide bonds. The van der Waals surface area contributed by atoms with Crippen molar-refractivity contribution in [3.05, 3.63) is 93.5 Å². The van der Waals surface area contributed by atoms with Crippen LogP contribution in [0.1, 0.15) is 22.7 Å². The average Bonchev–Trinajstić information content (AvgIpc) is 3.13. The van der Waals surface area contributed by atoms with Gasteiger partial charge in [-0.05, 0) is 48.0 Å². The quantitative estimate of drug-likeness (QED) is 0.231. The number of halogens is 4. The molecule has 0 radical (unpaired) electrons. The molecule has 10 heteroatoms. The number of methoxy groups -OCH3 is 2. The first-order valence-electron chi connectivity index (χ1n) is 10.5. The third kappa shape index (κ3) is 4.56. The Morgan fingerprint density at radius 2 is 1.61 bits per heavy atom. The minimum Gasteiger partial charge on any atom is -0.507 e. The van der Waals surface area contributed by atoms with Crippen LogP contribution in [0.15, 0.2) is 76.8 Å². The molecule has 0 aromatic heterocycles. The van der Waals surface area contributed by atoms with Crippen LogP contribution in [0.25, 0.3) is 5.76 Å². The van der Waals surface area contributed by atoms with E-state index in [1.54, 1.807) is 36.4 Å². The van der Waals surface area contributed by atoms with Crippen molar-refractivity contribution in [2.45, 2.75) is 12.2 Å². The van der Waals surface area contributed by atoms with Crippen LogP contribution in [0, 0.1) is 0 Å². The molecule has 0 aliphatic carbocycles. The Kier molecular flexibility index (Phi) is 6.81. The second-order valence-electron chi connectivity index (χ2n) is 7.84. The molecule has 3 aromatic rings. The second-order valence-corrected chi connectivity index (χ2v) is 8.75. The van der Waals surface area contributed by atoms with E-state index in [0.717, 1.165) is 27.6 Å². The van der Waals surface area contributed by atoms with Crippen LogP contribution in [0.4, 0.5) is 18.9 Å². The van der Waals surface area contributed by atoms with Crippen molar-refractivity contribution in [3.8, 4) is 11.5 Å². The number of Topliss-reactive ketones (excluding diaryl/α,β-unsaturated/α-hetero) is 1. The highest BCUT2D eigenvalue weighted by Crippen LogP contribution is 2.45. The van der Waals surface area contributed by atoms with Crippen LogP contribution in [0.2, 0.25) is 0 Å². The van der Waals surface area contributed by atoms with Gasteiger partial charge in [-0.3, -0.25) is 14.5 Å². The van der Waals surface area contributed by atoms with Gasteiger partial charge in [-0.15, -0.1) is 0 Å². The molecule has 1 heterocycles. The molecule has 186 valence electrons. The average molecular weight is 562 g/mol. The van der Waals surface area contributed by atoms with Crippen LogP contribution in [-0.2, 0) is 15.8 Å². The van der Waals surface area contributed by atoms with Gasteiger partial charge in [0.2, 0.25) is 0 Å². The van der Waals surface area contributed by atoms with E-state index in [2.05, 4.69) is 15.9 Å². The smallest absolute Gasteiger partial charge is 0.416 e. The normalized spacial score (nSPS) is 17.4. The Morgan fingerprint density at radius 3 is 2.22 bits per heavy atom. The lowest BCUT2D eigenvalue weighted by atomic mass is 9.94. The number of rotatable bonds is 5. The molecular weight excluding hydrogens is 543 g/mol. The van der Waals surface area contributed by atoms with Crippen LogP contribution >= 0.6 is 15.9 Å². The van der Waals surface area contributed by atoms with Crippen molar-refractivity contribution in [2.75, 3.05) is 19.1 Å². The van der Waals surface area contributed by atoms with Crippen LogP contribution in [0.3, 0.4) is 0 Å². The van der Waals surface area contributed by atoms with Crippen molar-refractivity contribution in [3.63, 3.8) is 0 Å². The van der Waals surface area contributed by atoms with Crippen molar-refractivity contribution >= 4 is 39.1 Å². The fourth-order valence-electron chi connectivity index (χ4n) is 4.03. The SMILES string of the molecule is COc1ccc(C2/C(=C(\O)c3ccc(Br)cc3)C(=O)C(=O)N2c2cccc(C(F)(F)F)c2)cc1OC. The fraction of sp³-hybridized carbons (Fsp3) is 0.154. The summed E-state index contributed by atoms with van der Waals surface area (Å²) in [7, 11) is 2.83. The zero-order valence-electron chi connectivity index (χ0n) is 19.0. The Morgan fingerprint density at radius 1 is 0.944 bits per heavy atom. The van der Waals surface area contributed by atoms with Crippen molar-refractivity contribution in [1.29, 1.82) is 0 Å². The first-order chi connectivity index (χ1) is 17.1. The predicted molar refractivity (Wildman–Crippen MR) is 130 cm³/mol. The maximum absolute atomic E-state index is 13.4. The Labute approximate surface area is 212 Å². The maximum Gasteiger partial charge on any atom is 0.416 e. The van der Waals surface area contributed by atoms with Gasteiger partial charge in [0.25, 0.3) is 11.7 Å². The lowest BCUT2D eigenvalue weighted by Gasteiger charge is -2.26. The summed E-state index contributed by atoms with van der Waals surface area (Å²) in [6.07, 6.45) is -4.67. The highest BCUT2D eigenvalue weighted by atomic mass is 79.9. The minimum absolute atomic E-state index is 0.151. The number of nitrogens with zero attached hydrogens (tertiary/aromatic N) is 1. The Bertz CT molecular complexity index is 1370. The van der Waals surface area contributed by atoms with Gasteiger partial charge in [0.15, 0.2) is 11.5 Å². The second kappa shape index (κ2) is 9.69. The summed E-state index contributed by atoms with van der Waals surface area (Å²) in [4.78, 5) is 27.4. The lowest BCUT2D eigenvalue weighted by Crippen LogP contribution is -2.29. The van der Waals surface area contributed by atoms with Crippen molar-refractivity contribution in [2.24, 2.45) is 0 Å². The molecule has 1 aliphatic heterocycles. The molecular formula is C26H19BrF3NO5. The summed E-state index contributed by atoms with van der Waals surface area (Å²) in [6.45, 7) is 0. The molecule has 6 nitrogen and oxygen atoms in total. The van der Waals surface area contributed by atoms with Gasteiger partial charge in [0.1, 0.15) is 5.76 Å². The molecule has 1 N–H and O–H groups in total. The molecule has 3 aromatic carbocycles. The van der Waals surface area contributed by atoms with Crippen LogP contribution in [0.5, 0.6) is 11.5 Å². The van der Waals surface area contributed by atoms with E-state index < -0.39 is 35.2 Å². The third-order valence-electron chi connectivity index (χ3n) is 5.74. The van der Waals surface area contributed by atoms with Gasteiger partial charge in [-0.1, -0.05) is 40.2 Å². The van der Waals surface area contributed by atoms with Gasteiger partial charge in [-0.2, -0.15) is 13.2 Å². The summed E-state index contributed by atoms with van der Waals surface area (Å²) in [5.74, 6) is -1.94. The number of ether oxygens (including phenoxy) is 2. The number of alkyl halides is 3. The predicted octanol–water partition coefficient (Wildman–Crippen LogP) is 6.11. The van der Waals surface area contributed by atoms with E-state index in [4.69, 9.17) is 9.47 Å². The number of carbonyl (C=O) groups excluding carboxylic acids is 2. The fourth-order valence-corrected chi connectivity index (χ4v) is 4.30. The molecule has 0 spiro atoms. The third-order valence-corrected chi connectivity index (χ3v) is 6.27. The zero-order valence-corrected chi connectivity index (χ0v) is 20.6. The summed E-state index contributed by atoms with van der Waals surface area (Å²) in [6, 6.07) is 13.8. The molecule has 1 atom stereocenters. The summed E-state index contributed by atoms with van der Waals surface area (Å²) in [5.41, 5.74) is -0.831. The van der Waals surface area contributed by atoms with Gasteiger partial charge >= 0.3 is 6.18 Å². The van der Waals surface area contributed by atoms with E-state index in [-0.39, 0.29) is 22.6 Å². The molecule has 1 aliphatic rings.